The van der Waals surface area contributed by atoms with E-state index in [0.717, 1.165) is 12.0 Å². The largest absolute Gasteiger partial charge is 0.472 e. The lowest BCUT2D eigenvalue weighted by Gasteiger charge is -2.56. The minimum Gasteiger partial charge on any atom is -0.472 e. The highest BCUT2D eigenvalue weighted by Gasteiger charge is 2.72. The molecule has 6 atom stereocenters. The van der Waals surface area contributed by atoms with Gasteiger partial charge in [0, 0.05) is 24.5 Å². The highest BCUT2D eigenvalue weighted by molar-refractivity contribution is 5.94. The molecule has 0 bridgehead atoms. The number of ether oxygens (including phenoxy) is 3. The Hall–Kier alpha value is -2.57. The fourth-order valence-corrected chi connectivity index (χ4v) is 6.39. The maximum absolute atomic E-state index is 13.4. The molecule has 0 radical (unpaired) electrons. The van der Waals surface area contributed by atoms with Crippen molar-refractivity contribution in [1.29, 1.82) is 0 Å². The van der Waals surface area contributed by atoms with Gasteiger partial charge in [0.2, 0.25) is 0 Å². The second-order valence-corrected chi connectivity index (χ2v) is 8.79. The number of carbonyl (C=O) groups excluding carboxylic acids is 3. The molecule has 154 valence electrons. The summed E-state index contributed by atoms with van der Waals surface area (Å²) in [7, 11) is 0. The third-order valence-electron chi connectivity index (χ3n) is 7.61. The topological polar surface area (TPSA) is 92.0 Å². The fraction of sp³-hybridized carbons (Fsp3) is 0.591. The van der Waals surface area contributed by atoms with E-state index in [0.29, 0.717) is 24.8 Å². The first-order valence-electron chi connectivity index (χ1n) is 10.2. The Labute approximate surface area is 168 Å². The molecule has 1 aromatic rings. The Morgan fingerprint density at radius 2 is 2.10 bits per heavy atom. The summed E-state index contributed by atoms with van der Waals surface area (Å²) < 4.78 is 22.3. The van der Waals surface area contributed by atoms with E-state index in [1.54, 1.807) is 12.5 Å². The molecule has 29 heavy (non-hydrogen) atoms. The summed E-state index contributed by atoms with van der Waals surface area (Å²) in [4.78, 5) is 37.8. The zero-order valence-corrected chi connectivity index (χ0v) is 16.5. The van der Waals surface area contributed by atoms with Crippen molar-refractivity contribution >= 4 is 17.9 Å². The Bertz CT molecular complexity index is 900. The average Bonchev–Trinajstić information content (AvgIpc) is 3.39. The highest BCUT2D eigenvalue weighted by Crippen LogP contribution is 2.67. The van der Waals surface area contributed by atoms with Crippen LogP contribution >= 0.6 is 0 Å². The van der Waals surface area contributed by atoms with Gasteiger partial charge in [-0.05, 0) is 37.2 Å². The fourth-order valence-electron chi connectivity index (χ4n) is 6.39. The van der Waals surface area contributed by atoms with Gasteiger partial charge in [-0.1, -0.05) is 13.0 Å². The molecule has 0 aromatic carbocycles. The first-order valence-corrected chi connectivity index (χ1v) is 10.2. The van der Waals surface area contributed by atoms with E-state index in [2.05, 4.69) is 0 Å². The maximum Gasteiger partial charge on any atom is 0.334 e. The van der Waals surface area contributed by atoms with E-state index in [9.17, 15) is 14.4 Å². The third-order valence-corrected chi connectivity index (χ3v) is 7.61. The smallest absolute Gasteiger partial charge is 0.334 e. The zero-order chi connectivity index (χ0) is 20.4. The predicted octanol–water partition coefficient (Wildman–Crippen LogP) is 3.11. The number of carbonyl (C=O) groups is 3. The van der Waals surface area contributed by atoms with Gasteiger partial charge in [-0.2, -0.15) is 0 Å². The molecule has 2 aliphatic heterocycles. The zero-order valence-electron chi connectivity index (χ0n) is 16.5. The maximum atomic E-state index is 13.4. The lowest BCUT2D eigenvalue weighted by molar-refractivity contribution is -0.186. The van der Waals surface area contributed by atoms with E-state index in [1.165, 1.54) is 6.92 Å². The van der Waals surface area contributed by atoms with Gasteiger partial charge in [0.05, 0.1) is 23.4 Å². The minimum atomic E-state index is -0.794. The summed E-state index contributed by atoms with van der Waals surface area (Å²) in [5.41, 5.74) is -0.154. The van der Waals surface area contributed by atoms with E-state index >= 15 is 0 Å². The number of hydrogen-bond donors (Lipinski definition) is 0. The van der Waals surface area contributed by atoms with Gasteiger partial charge in [0.1, 0.15) is 18.8 Å². The first kappa shape index (κ1) is 18.5. The molecule has 2 aliphatic carbocycles. The summed E-state index contributed by atoms with van der Waals surface area (Å²) in [5.74, 6) is -1.25. The number of fused-ring (bicyclic) bond motifs is 1. The summed E-state index contributed by atoms with van der Waals surface area (Å²) in [5, 5.41) is 0. The van der Waals surface area contributed by atoms with Crippen LogP contribution in [0.5, 0.6) is 0 Å². The summed E-state index contributed by atoms with van der Waals surface area (Å²) in [6.07, 6.45) is 6.61. The van der Waals surface area contributed by atoms with Crippen LogP contribution in [0.4, 0.5) is 0 Å². The SMILES string of the molecule is CC(=O)OC1CC(C)C2(CC(c3ccoc3)OC2=O)C2CCC=C3C(=O)OCC312. The van der Waals surface area contributed by atoms with Crippen molar-refractivity contribution in [3.05, 3.63) is 35.8 Å². The molecule has 2 spiro atoms. The van der Waals surface area contributed by atoms with Gasteiger partial charge in [-0.15, -0.1) is 0 Å². The molecule has 4 aliphatic rings. The van der Waals surface area contributed by atoms with Crippen LogP contribution < -0.4 is 0 Å². The highest BCUT2D eigenvalue weighted by atomic mass is 16.6. The average molecular weight is 400 g/mol. The van der Waals surface area contributed by atoms with Crippen LogP contribution in [0, 0.1) is 22.7 Å². The van der Waals surface area contributed by atoms with Crippen LogP contribution in [0.3, 0.4) is 0 Å². The first-order chi connectivity index (χ1) is 13.9. The van der Waals surface area contributed by atoms with Crippen LogP contribution in [0.15, 0.2) is 34.7 Å². The number of hydrogen-bond acceptors (Lipinski definition) is 7. The monoisotopic (exact) mass is 400 g/mol. The molecule has 1 saturated carbocycles. The molecular formula is C22H24O7. The Morgan fingerprint density at radius 1 is 1.28 bits per heavy atom. The molecule has 7 heteroatoms. The van der Waals surface area contributed by atoms with E-state index in [1.807, 2.05) is 19.1 Å². The van der Waals surface area contributed by atoms with Crippen LogP contribution in [0.1, 0.15) is 51.2 Å². The molecule has 3 fully saturated rings. The van der Waals surface area contributed by atoms with E-state index in [-0.39, 0.29) is 42.5 Å². The van der Waals surface area contributed by atoms with Crippen molar-refractivity contribution in [2.24, 2.45) is 22.7 Å². The number of cyclic esters (lactones) is 2. The van der Waals surface area contributed by atoms with Gasteiger partial charge in [-0.25, -0.2) is 4.79 Å². The van der Waals surface area contributed by atoms with Crippen molar-refractivity contribution in [3.8, 4) is 0 Å². The van der Waals surface area contributed by atoms with Crippen molar-refractivity contribution in [2.45, 2.75) is 51.7 Å². The summed E-state index contributed by atoms with van der Waals surface area (Å²) in [6, 6.07) is 1.82. The molecule has 0 N–H and O–H groups in total. The summed E-state index contributed by atoms with van der Waals surface area (Å²) >= 11 is 0. The number of esters is 3. The normalized spacial score (nSPS) is 40.7. The predicted molar refractivity (Wildman–Crippen MR) is 98.1 cm³/mol. The van der Waals surface area contributed by atoms with Crippen molar-refractivity contribution in [3.63, 3.8) is 0 Å². The standard InChI is InChI=1S/C22H24O7/c1-12-8-18(28-13(2)23)22-11-27-19(24)15(22)4-3-5-17(22)21(12)9-16(29-20(21)25)14-6-7-26-10-14/h4,6-7,10,12,16-18H,3,5,8-9,11H2,1-2H3. The Balaban J connectivity index is 1.62. The van der Waals surface area contributed by atoms with Gasteiger partial charge in [0.15, 0.2) is 0 Å². The van der Waals surface area contributed by atoms with Crippen LogP contribution in [-0.4, -0.2) is 30.6 Å². The number of furan rings is 1. The van der Waals surface area contributed by atoms with Crippen molar-refractivity contribution in [2.75, 3.05) is 6.61 Å². The minimum absolute atomic E-state index is 0.0677. The molecule has 0 amide bonds. The van der Waals surface area contributed by atoms with Gasteiger partial charge >= 0.3 is 17.9 Å². The molecule has 6 unspecified atom stereocenters. The molecule has 5 rings (SSSR count). The Kier molecular flexibility index (Phi) is 3.95. The van der Waals surface area contributed by atoms with Crippen molar-refractivity contribution < 1.29 is 33.0 Å². The van der Waals surface area contributed by atoms with Crippen LogP contribution in [0.25, 0.3) is 0 Å². The third kappa shape index (κ3) is 2.33. The Morgan fingerprint density at radius 3 is 2.83 bits per heavy atom. The molecule has 3 heterocycles. The molecule has 7 nitrogen and oxygen atoms in total. The molecule has 1 aromatic heterocycles. The second-order valence-electron chi connectivity index (χ2n) is 8.79. The lowest BCUT2D eigenvalue weighted by Crippen LogP contribution is -2.61. The van der Waals surface area contributed by atoms with E-state index in [4.69, 9.17) is 18.6 Å². The number of rotatable bonds is 2. The molecule has 2 saturated heterocycles. The number of allylic oxidation sites excluding steroid dienone is 1. The van der Waals surface area contributed by atoms with Crippen molar-refractivity contribution in [1.82, 2.24) is 0 Å². The molecular weight excluding hydrogens is 376 g/mol. The lowest BCUT2D eigenvalue weighted by atomic mass is 9.45. The summed E-state index contributed by atoms with van der Waals surface area (Å²) in [6.45, 7) is 3.54. The second kappa shape index (κ2) is 6.21. The van der Waals surface area contributed by atoms with Gasteiger partial charge in [0.25, 0.3) is 0 Å². The van der Waals surface area contributed by atoms with Gasteiger partial charge in [-0.3, -0.25) is 9.59 Å². The van der Waals surface area contributed by atoms with Gasteiger partial charge < -0.3 is 18.6 Å². The van der Waals surface area contributed by atoms with Crippen LogP contribution in [-0.2, 0) is 28.6 Å². The quantitative estimate of drug-likeness (QED) is 0.556. The van der Waals surface area contributed by atoms with Crippen LogP contribution in [0.2, 0.25) is 0 Å². The van der Waals surface area contributed by atoms with E-state index < -0.39 is 16.9 Å².